The molecule has 1 aromatic rings. The van der Waals surface area contributed by atoms with Gasteiger partial charge in [-0.05, 0) is 25.8 Å². The minimum absolute atomic E-state index is 0.335. The van der Waals surface area contributed by atoms with Gasteiger partial charge in [-0.2, -0.15) is 79.0 Å². The average molecular weight is 761 g/mol. The largest absolute Gasteiger partial charge is 0.490 e. The predicted molar refractivity (Wildman–Crippen MR) is 125 cm³/mol. The van der Waals surface area contributed by atoms with E-state index in [1.54, 1.807) is 0 Å². The van der Waals surface area contributed by atoms with Gasteiger partial charge in [0.2, 0.25) is 0 Å². The highest BCUT2D eigenvalue weighted by Gasteiger charge is 2.82. The van der Waals surface area contributed by atoms with E-state index in [4.69, 9.17) is 14.2 Å². The summed E-state index contributed by atoms with van der Waals surface area (Å²) in [7, 11) is 0. The lowest BCUT2D eigenvalue weighted by Gasteiger charge is -2.33. The van der Waals surface area contributed by atoms with Crippen LogP contribution in [-0.2, 0) is 9.53 Å². The van der Waals surface area contributed by atoms with Crippen LogP contribution in [0.5, 0.6) is 11.5 Å². The number of halogens is 18. The van der Waals surface area contributed by atoms with Crippen LogP contribution in [0.3, 0.4) is 0 Å². The number of carbonyl (C=O) groups is 1. The Balaban J connectivity index is 3.33. The maximum atomic E-state index is 13.8. The molecule has 0 spiro atoms. The summed E-state index contributed by atoms with van der Waals surface area (Å²) >= 11 is 0. The maximum absolute atomic E-state index is 13.8. The molecule has 0 heterocycles. The molecule has 25 heteroatoms. The molecule has 0 aromatic heterocycles. The molecule has 0 saturated heterocycles. The third-order valence-electron chi connectivity index (χ3n) is 6.28. The summed E-state index contributed by atoms with van der Waals surface area (Å²) in [5, 5.41) is 11.6. The van der Waals surface area contributed by atoms with Gasteiger partial charge in [0, 0.05) is 19.8 Å². The highest BCUT2D eigenvalue weighted by Crippen LogP contribution is 2.55. The average Bonchev–Trinajstić information content (AvgIpc) is 2.91. The van der Waals surface area contributed by atoms with Gasteiger partial charge in [0.1, 0.15) is 6.10 Å². The van der Waals surface area contributed by atoms with Crippen molar-refractivity contribution in [3.05, 3.63) is 27.8 Å². The van der Waals surface area contributed by atoms with Crippen molar-refractivity contribution in [1.29, 1.82) is 0 Å². The van der Waals surface area contributed by atoms with Crippen molar-refractivity contribution in [2.45, 2.75) is 93.5 Å². The molecule has 1 unspecified atom stereocenters. The molecule has 284 valence electrons. The first-order valence-electron chi connectivity index (χ1n) is 12.8. The number of nitro benzene ring substituents is 1. The molecular formula is C24H21F18NO6. The molecule has 1 atom stereocenters. The number of nitro groups is 1. The zero-order valence-corrected chi connectivity index (χ0v) is 24.2. The fourth-order valence-corrected chi connectivity index (χ4v) is 3.67. The van der Waals surface area contributed by atoms with Crippen molar-refractivity contribution < 1.29 is 103 Å². The summed E-state index contributed by atoms with van der Waals surface area (Å²) in [5.41, 5.74) is -1.68. The molecule has 1 aromatic carbocycles. The monoisotopic (exact) mass is 761 g/mol. The molecule has 0 aliphatic heterocycles. The van der Waals surface area contributed by atoms with Gasteiger partial charge in [0.15, 0.2) is 11.5 Å². The van der Waals surface area contributed by atoms with Crippen LogP contribution in [0.1, 0.15) is 51.2 Å². The van der Waals surface area contributed by atoms with Crippen LogP contribution >= 0.6 is 0 Å². The molecule has 0 bridgehead atoms. The molecule has 49 heavy (non-hydrogen) atoms. The summed E-state index contributed by atoms with van der Waals surface area (Å²) in [6.45, 7) is -0.863. The molecule has 7 nitrogen and oxygen atoms in total. The van der Waals surface area contributed by atoms with Crippen molar-refractivity contribution in [3.63, 3.8) is 0 Å². The van der Waals surface area contributed by atoms with Crippen LogP contribution in [0.25, 0.3) is 0 Å². The van der Waals surface area contributed by atoms with Crippen molar-refractivity contribution in [1.82, 2.24) is 0 Å². The highest BCUT2D eigenvalue weighted by atomic mass is 19.4. The number of esters is 1. The van der Waals surface area contributed by atoms with Gasteiger partial charge >= 0.3 is 53.9 Å². The van der Waals surface area contributed by atoms with Gasteiger partial charge in [-0.1, -0.05) is 0 Å². The molecule has 0 fully saturated rings. The van der Waals surface area contributed by atoms with Crippen LogP contribution in [0, 0.1) is 10.1 Å². The summed E-state index contributed by atoms with van der Waals surface area (Å²) in [6, 6.07) is 0.861. The summed E-state index contributed by atoms with van der Waals surface area (Å²) in [5.74, 6) is -43.5. The molecule has 0 aliphatic carbocycles. The molecule has 0 amide bonds. The van der Waals surface area contributed by atoms with Crippen LogP contribution in [-0.4, -0.2) is 72.0 Å². The van der Waals surface area contributed by atoms with E-state index in [0.717, 1.165) is 13.8 Å². The fourth-order valence-electron chi connectivity index (χ4n) is 3.67. The van der Waals surface area contributed by atoms with E-state index in [-0.39, 0.29) is 0 Å². The molecule has 0 aliphatic rings. The zero-order valence-electron chi connectivity index (χ0n) is 24.2. The lowest BCUT2D eigenvalue weighted by molar-refractivity contribution is -0.396. The van der Waals surface area contributed by atoms with E-state index >= 15 is 0 Å². The number of rotatable bonds is 17. The standard InChI is InChI=1S/C24H21F18NO6/c1-11(49-12(2)44)13-9-15(47-7-3-5-17(25,26)19(29,30)21(33,34)23(37,38)39)16(10-14(13)43(45)46)48-8-4-6-18(27,28)20(31,32)22(35,36)24(40,41)42/h9-11H,3-8H2,1-2H3. The Labute approximate surface area is 261 Å². The van der Waals surface area contributed by atoms with E-state index in [1.165, 1.54) is 0 Å². The smallest absolute Gasteiger partial charge is 0.460 e. The maximum Gasteiger partial charge on any atom is 0.460 e. The van der Waals surface area contributed by atoms with E-state index in [1.807, 2.05) is 0 Å². The number of benzene rings is 1. The number of ether oxygens (including phenoxy) is 3. The first-order chi connectivity index (χ1) is 21.7. The van der Waals surface area contributed by atoms with Gasteiger partial charge in [-0.15, -0.1) is 0 Å². The number of hydrogen-bond acceptors (Lipinski definition) is 6. The topological polar surface area (TPSA) is 87.9 Å². The predicted octanol–water partition coefficient (Wildman–Crippen LogP) is 9.47. The molecular weight excluding hydrogens is 740 g/mol. The highest BCUT2D eigenvalue weighted by molar-refractivity contribution is 5.67. The second-order valence-electron chi connectivity index (χ2n) is 9.97. The lowest BCUT2D eigenvalue weighted by atomic mass is 10.00. The van der Waals surface area contributed by atoms with Crippen LogP contribution in [0.15, 0.2) is 12.1 Å². The summed E-state index contributed by atoms with van der Waals surface area (Å²) in [4.78, 5) is 21.7. The Morgan fingerprint density at radius 3 is 1.33 bits per heavy atom. The normalized spacial score (nSPS) is 14.8. The molecule has 0 radical (unpaired) electrons. The van der Waals surface area contributed by atoms with Crippen molar-refractivity contribution >= 4 is 11.7 Å². The number of carbonyl (C=O) groups excluding carboxylic acids is 1. The van der Waals surface area contributed by atoms with Crippen LogP contribution in [0.4, 0.5) is 84.7 Å². The van der Waals surface area contributed by atoms with Crippen molar-refractivity contribution in [3.8, 4) is 11.5 Å². The quantitative estimate of drug-likeness (QED) is 0.0517. The van der Waals surface area contributed by atoms with Gasteiger partial charge in [0.05, 0.1) is 29.8 Å². The van der Waals surface area contributed by atoms with Gasteiger partial charge in [-0.3, -0.25) is 14.9 Å². The first kappa shape index (κ1) is 43.5. The van der Waals surface area contributed by atoms with E-state index < -0.39 is 127 Å². The second-order valence-corrected chi connectivity index (χ2v) is 9.97. The Morgan fingerprint density at radius 2 is 1.02 bits per heavy atom. The van der Waals surface area contributed by atoms with E-state index in [0.29, 0.717) is 12.1 Å². The van der Waals surface area contributed by atoms with Gasteiger partial charge < -0.3 is 14.2 Å². The van der Waals surface area contributed by atoms with Crippen LogP contribution in [0.2, 0.25) is 0 Å². The number of hydrogen-bond donors (Lipinski definition) is 0. The summed E-state index contributed by atoms with van der Waals surface area (Å²) in [6.07, 6.45) is -23.6. The van der Waals surface area contributed by atoms with Crippen molar-refractivity contribution in [2.24, 2.45) is 0 Å². The molecule has 0 N–H and O–H groups in total. The third kappa shape index (κ3) is 8.97. The van der Waals surface area contributed by atoms with Gasteiger partial charge in [0.25, 0.3) is 5.69 Å². The Morgan fingerprint density at radius 1 is 0.673 bits per heavy atom. The molecule has 1 rings (SSSR count). The lowest BCUT2D eigenvalue weighted by Crippen LogP contribution is -2.60. The number of nitrogens with zero attached hydrogens (tertiary/aromatic N) is 1. The third-order valence-corrected chi connectivity index (χ3v) is 6.28. The Bertz CT molecular complexity index is 1330. The second kappa shape index (κ2) is 14.3. The minimum Gasteiger partial charge on any atom is -0.490 e. The van der Waals surface area contributed by atoms with E-state index in [2.05, 4.69) is 0 Å². The van der Waals surface area contributed by atoms with Crippen LogP contribution < -0.4 is 9.47 Å². The van der Waals surface area contributed by atoms with Crippen molar-refractivity contribution in [2.75, 3.05) is 13.2 Å². The Hall–Kier alpha value is -3.57. The minimum atomic E-state index is -7.22. The Kier molecular flexibility index (Phi) is 12.7. The SMILES string of the molecule is CC(=O)OC(C)c1cc(OCCCC(F)(F)C(F)(F)C(F)(F)C(F)(F)F)c(OCCCC(F)(F)C(F)(F)C(F)(F)C(F)(F)F)cc1[N+](=O)[O-]. The summed E-state index contributed by atoms with van der Waals surface area (Å²) < 4.78 is 250. The fraction of sp³-hybridized carbons (Fsp3) is 0.708. The van der Waals surface area contributed by atoms with Gasteiger partial charge in [-0.25, -0.2) is 0 Å². The molecule has 0 saturated carbocycles. The zero-order chi connectivity index (χ0) is 38.8. The van der Waals surface area contributed by atoms with E-state index in [9.17, 15) is 93.9 Å². The first-order valence-corrected chi connectivity index (χ1v) is 12.8. The number of alkyl halides is 18.